The Morgan fingerprint density at radius 3 is 2.53 bits per heavy atom. The molecule has 2 rings (SSSR count). The molecule has 1 N–H and O–H groups in total. The molecule has 2 nitrogen and oxygen atoms in total. The fraction of sp³-hybridized carbons (Fsp3) is 0.214. The van der Waals surface area contributed by atoms with E-state index in [1.165, 1.54) is 0 Å². The van der Waals surface area contributed by atoms with E-state index in [4.69, 9.17) is 34.8 Å². The summed E-state index contributed by atoms with van der Waals surface area (Å²) in [5.41, 5.74) is 1.99. The van der Waals surface area contributed by atoms with Gasteiger partial charge in [0.25, 0.3) is 0 Å². The van der Waals surface area contributed by atoms with Crippen LogP contribution in [-0.2, 0) is 0 Å². The molecule has 0 radical (unpaired) electrons. The summed E-state index contributed by atoms with van der Waals surface area (Å²) in [6, 6.07) is 7.46. The van der Waals surface area contributed by atoms with Crippen molar-refractivity contribution in [1.29, 1.82) is 0 Å². The van der Waals surface area contributed by atoms with Crippen LogP contribution in [-0.4, -0.2) is 11.5 Å². The number of nitrogens with one attached hydrogen (secondary N) is 1. The summed E-state index contributed by atoms with van der Waals surface area (Å²) in [6.07, 6.45) is 3.36. The van der Waals surface area contributed by atoms with Crippen molar-refractivity contribution in [3.05, 3.63) is 62.9 Å². The number of pyridine rings is 1. The zero-order valence-corrected chi connectivity index (χ0v) is 12.6. The molecule has 100 valence electrons. The summed E-state index contributed by atoms with van der Waals surface area (Å²) in [4.78, 5) is 4.01. The quantitative estimate of drug-likeness (QED) is 0.881. The SMILES string of the molecule is CCNC(c1ccc(Cl)c(Cl)c1)c1ccncc1Cl. The Morgan fingerprint density at radius 2 is 1.89 bits per heavy atom. The lowest BCUT2D eigenvalue weighted by Gasteiger charge is -2.20. The van der Waals surface area contributed by atoms with Gasteiger partial charge in [0, 0.05) is 12.4 Å². The molecule has 0 saturated carbocycles. The first-order valence-electron chi connectivity index (χ1n) is 5.91. The zero-order valence-electron chi connectivity index (χ0n) is 10.3. The molecular formula is C14H13Cl3N2. The van der Waals surface area contributed by atoms with E-state index < -0.39 is 0 Å². The number of nitrogens with zero attached hydrogens (tertiary/aromatic N) is 1. The minimum Gasteiger partial charge on any atom is -0.306 e. The van der Waals surface area contributed by atoms with Crippen LogP contribution in [0.15, 0.2) is 36.7 Å². The average molecular weight is 316 g/mol. The minimum atomic E-state index is -0.0322. The normalized spacial score (nSPS) is 12.4. The van der Waals surface area contributed by atoms with Crippen molar-refractivity contribution < 1.29 is 0 Å². The highest BCUT2D eigenvalue weighted by molar-refractivity contribution is 6.42. The molecule has 0 aliphatic carbocycles. The predicted octanol–water partition coefficient (Wildman–Crippen LogP) is 4.74. The smallest absolute Gasteiger partial charge is 0.0640 e. The maximum atomic E-state index is 6.21. The van der Waals surface area contributed by atoms with Gasteiger partial charge < -0.3 is 5.32 Å². The first-order valence-corrected chi connectivity index (χ1v) is 7.04. The molecule has 1 atom stereocenters. The van der Waals surface area contributed by atoms with Crippen molar-refractivity contribution in [2.45, 2.75) is 13.0 Å². The molecular weight excluding hydrogens is 303 g/mol. The van der Waals surface area contributed by atoms with Crippen LogP contribution in [0.5, 0.6) is 0 Å². The first-order chi connectivity index (χ1) is 9.13. The maximum Gasteiger partial charge on any atom is 0.0640 e. The van der Waals surface area contributed by atoms with Gasteiger partial charge in [0.2, 0.25) is 0 Å². The molecule has 1 aromatic carbocycles. The van der Waals surface area contributed by atoms with Gasteiger partial charge >= 0.3 is 0 Å². The van der Waals surface area contributed by atoms with Gasteiger partial charge in [-0.25, -0.2) is 0 Å². The highest BCUT2D eigenvalue weighted by atomic mass is 35.5. The highest BCUT2D eigenvalue weighted by Gasteiger charge is 2.16. The third-order valence-corrected chi connectivity index (χ3v) is 3.85. The molecule has 0 amide bonds. The number of hydrogen-bond donors (Lipinski definition) is 1. The van der Waals surface area contributed by atoms with Gasteiger partial charge in [-0.15, -0.1) is 0 Å². The van der Waals surface area contributed by atoms with Crippen LogP contribution < -0.4 is 5.32 Å². The standard InChI is InChI=1S/C14H13Cl3N2/c1-2-19-14(10-5-6-18-8-13(10)17)9-3-4-11(15)12(16)7-9/h3-8,14,19H,2H2,1H3. The fourth-order valence-corrected chi connectivity index (χ4v) is 2.46. The van der Waals surface area contributed by atoms with Gasteiger partial charge in [-0.1, -0.05) is 47.8 Å². The molecule has 0 fully saturated rings. The van der Waals surface area contributed by atoms with Crippen molar-refractivity contribution in [1.82, 2.24) is 10.3 Å². The van der Waals surface area contributed by atoms with Gasteiger partial charge in [-0.05, 0) is 35.9 Å². The van der Waals surface area contributed by atoms with Gasteiger partial charge in [0.15, 0.2) is 0 Å². The van der Waals surface area contributed by atoms with E-state index in [0.29, 0.717) is 15.1 Å². The van der Waals surface area contributed by atoms with E-state index in [9.17, 15) is 0 Å². The fourth-order valence-electron chi connectivity index (χ4n) is 1.92. The molecule has 1 aromatic heterocycles. The van der Waals surface area contributed by atoms with E-state index in [1.54, 1.807) is 18.5 Å². The van der Waals surface area contributed by atoms with E-state index in [-0.39, 0.29) is 6.04 Å². The summed E-state index contributed by atoms with van der Waals surface area (Å²) in [6.45, 7) is 2.85. The zero-order chi connectivity index (χ0) is 13.8. The van der Waals surface area contributed by atoms with Crippen LogP contribution in [0.4, 0.5) is 0 Å². The van der Waals surface area contributed by atoms with Gasteiger partial charge in [-0.3, -0.25) is 4.98 Å². The van der Waals surface area contributed by atoms with Crippen LogP contribution in [0.2, 0.25) is 15.1 Å². The lowest BCUT2D eigenvalue weighted by atomic mass is 9.99. The summed E-state index contributed by atoms with van der Waals surface area (Å²) >= 11 is 18.2. The summed E-state index contributed by atoms with van der Waals surface area (Å²) in [5, 5.41) is 5.09. The second-order valence-electron chi connectivity index (χ2n) is 4.06. The van der Waals surface area contributed by atoms with Crippen LogP contribution in [0, 0.1) is 0 Å². The Labute approximate surface area is 127 Å². The lowest BCUT2D eigenvalue weighted by Crippen LogP contribution is -2.22. The van der Waals surface area contributed by atoms with Crippen molar-refractivity contribution in [2.24, 2.45) is 0 Å². The molecule has 0 saturated heterocycles. The lowest BCUT2D eigenvalue weighted by molar-refractivity contribution is 0.630. The third-order valence-electron chi connectivity index (χ3n) is 2.80. The van der Waals surface area contributed by atoms with Crippen LogP contribution in [0.1, 0.15) is 24.1 Å². The number of rotatable bonds is 4. The van der Waals surface area contributed by atoms with Gasteiger partial charge in [-0.2, -0.15) is 0 Å². The van der Waals surface area contributed by atoms with Gasteiger partial charge in [0.05, 0.1) is 21.1 Å². The summed E-state index contributed by atoms with van der Waals surface area (Å²) < 4.78 is 0. The summed E-state index contributed by atoms with van der Waals surface area (Å²) in [5.74, 6) is 0. The minimum absolute atomic E-state index is 0.0322. The predicted molar refractivity (Wildman–Crippen MR) is 81.2 cm³/mol. The largest absolute Gasteiger partial charge is 0.306 e. The summed E-state index contributed by atoms with van der Waals surface area (Å²) in [7, 11) is 0. The van der Waals surface area contributed by atoms with Crippen molar-refractivity contribution in [3.63, 3.8) is 0 Å². The van der Waals surface area contributed by atoms with E-state index in [0.717, 1.165) is 17.7 Å². The topological polar surface area (TPSA) is 24.9 Å². The van der Waals surface area contributed by atoms with Crippen LogP contribution in [0.25, 0.3) is 0 Å². The van der Waals surface area contributed by atoms with Crippen molar-refractivity contribution in [2.75, 3.05) is 6.54 Å². The highest BCUT2D eigenvalue weighted by Crippen LogP contribution is 2.31. The number of halogens is 3. The van der Waals surface area contributed by atoms with Crippen LogP contribution in [0.3, 0.4) is 0 Å². The maximum absolute atomic E-state index is 6.21. The second kappa shape index (κ2) is 6.58. The molecule has 0 spiro atoms. The molecule has 0 aliphatic heterocycles. The van der Waals surface area contributed by atoms with E-state index >= 15 is 0 Å². The van der Waals surface area contributed by atoms with E-state index in [2.05, 4.69) is 10.3 Å². The number of benzene rings is 1. The average Bonchev–Trinajstić information content (AvgIpc) is 2.40. The Balaban J connectivity index is 2.45. The number of aromatic nitrogens is 1. The molecule has 19 heavy (non-hydrogen) atoms. The first kappa shape index (κ1) is 14.6. The number of hydrogen-bond acceptors (Lipinski definition) is 2. The molecule has 0 aliphatic rings. The Kier molecular flexibility index (Phi) is 5.06. The van der Waals surface area contributed by atoms with E-state index in [1.807, 2.05) is 25.1 Å². The Morgan fingerprint density at radius 1 is 1.11 bits per heavy atom. The Hall–Kier alpha value is -0.800. The third kappa shape index (κ3) is 3.40. The molecule has 1 heterocycles. The second-order valence-corrected chi connectivity index (χ2v) is 5.28. The molecule has 5 heteroatoms. The van der Waals surface area contributed by atoms with Crippen molar-refractivity contribution >= 4 is 34.8 Å². The van der Waals surface area contributed by atoms with Crippen LogP contribution >= 0.6 is 34.8 Å². The van der Waals surface area contributed by atoms with Gasteiger partial charge in [0.1, 0.15) is 0 Å². The molecule has 0 bridgehead atoms. The van der Waals surface area contributed by atoms with Crippen molar-refractivity contribution in [3.8, 4) is 0 Å². The molecule has 1 unspecified atom stereocenters. The Bertz CT molecular complexity index is 572. The monoisotopic (exact) mass is 314 g/mol. The molecule has 2 aromatic rings.